The highest BCUT2D eigenvalue weighted by Crippen LogP contribution is 2.30. The summed E-state index contributed by atoms with van der Waals surface area (Å²) in [6, 6.07) is 8.48. The molecule has 2 rings (SSSR count). The third-order valence-electron chi connectivity index (χ3n) is 3.63. The highest BCUT2D eigenvalue weighted by atomic mass is 32.2. The molecule has 0 aromatic heterocycles. The largest absolute Gasteiger partial charge is 0.496 e. The number of nitro benzene ring substituents is 1. The standard InChI is InChI=1S/C18H20N2O4S/c1-11-7-12(2)18(13(3)8-11)25-10-17(21)19-15-6-5-14(24-4)9-16(15)20(22)23/h5-9H,10H2,1-4H3,(H,19,21). The molecule has 1 N–H and O–H groups in total. The van der Waals surface area contributed by atoms with Gasteiger partial charge >= 0.3 is 0 Å². The van der Waals surface area contributed by atoms with Gasteiger partial charge in [-0.15, -0.1) is 11.8 Å². The Kier molecular flexibility index (Phi) is 6.03. The quantitative estimate of drug-likeness (QED) is 0.473. The Labute approximate surface area is 150 Å². The minimum Gasteiger partial charge on any atom is -0.496 e. The molecule has 0 heterocycles. The lowest BCUT2D eigenvalue weighted by molar-refractivity contribution is -0.384. The average molecular weight is 360 g/mol. The molecule has 0 saturated heterocycles. The number of carbonyl (C=O) groups is 1. The molecule has 0 spiro atoms. The van der Waals surface area contributed by atoms with Crippen molar-refractivity contribution in [2.75, 3.05) is 18.2 Å². The maximum atomic E-state index is 12.2. The minimum absolute atomic E-state index is 0.161. The van der Waals surface area contributed by atoms with E-state index in [-0.39, 0.29) is 23.0 Å². The van der Waals surface area contributed by atoms with E-state index < -0.39 is 4.92 Å². The summed E-state index contributed by atoms with van der Waals surface area (Å²) in [5.74, 6) is 0.246. The number of rotatable bonds is 6. The Balaban J connectivity index is 2.10. The van der Waals surface area contributed by atoms with Gasteiger partial charge in [0.25, 0.3) is 5.69 Å². The molecular weight excluding hydrogens is 340 g/mol. The fourth-order valence-electron chi connectivity index (χ4n) is 2.61. The van der Waals surface area contributed by atoms with Crippen LogP contribution in [-0.4, -0.2) is 23.7 Å². The maximum absolute atomic E-state index is 12.2. The number of nitro groups is 1. The lowest BCUT2D eigenvalue weighted by atomic mass is 10.1. The molecule has 1 amide bonds. The van der Waals surface area contributed by atoms with E-state index in [9.17, 15) is 14.9 Å². The fourth-order valence-corrected chi connectivity index (χ4v) is 3.53. The molecule has 0 fully saturated rings. The Morgan fingerprint density at radius 1 is 1.20 bits per heavy atom. The second-order valence-electron chi connectivity index (χ2n) is 5.70. The molecule has 2 aromatic rings. The van der Waals surface area contributed by atoms with Gasteiger partial charge in [0.1, 0.15) is 11.4 Å². The second-order valence-corrected chi connectivity index (χ2v) is 6.69. The highest BCUT2D eigenvalue weighted by molar-refractivity contribution is 8.00. The molecule has 2 aromatic carbocycles. The van der Waals surface area contributed by atoms with Gasteiger partial charge in [0, 0.05) is 4.90 Å². The van der Waals surface area contributed by atoms with E-state index >= 15 is 0 Å². The van der Waals surface area contributed by atoms with Gasteiger partial charge in [-0.3, -0.25) is 14.9 Å². The number of nitrogens with zero attached hydrogens (tertiary/aromatic N) is 1. The van der Waals surface area contributed by atoms with E-state index in [0.717, 1.165) is 16.0 Å². The molecule has 0 radical (unpaired) electrons. The number of hydrogen-bond acceptors (Lipinski definition) is 5. The van der Waals surface area contributed by atoms with Crippen molar-refractivity contribution in [3.63, 3.8) is 0 Å². The smallest absolute Gasteiger partial charge is 0.296 e. The Morgan fingerprint density at radius 3 is 2.40 bits per heavy atom. The number of anilines is 1. The monoisotopic (exact) mass is 360 g/mol. The number of methoxy groups -OCH3 is 1. The summed E-state index contributed by atoms with van der Waals surface area (Å²) in [5, 5.41) is 13.8. The minimum atomic E-state index is -0.542. The van der Waals surface area contributed by atoms with Crippen LogP contribution >= 0.6 is 11.8 Å². The fraction of sp³-hybridized carbons (Fsp3) is 0.278. The third kappa shape index (κ3) is 4.73. The summed E-state index contributed by atoms with van der Waals surface area (Å²) in [7, 11) is 1.43. The van der Waals surface area contributed by atoms with Crippen LogP contribution in [0.4, 0.5) is 11.4 Å². The van der Waals surface area contributed by atoms with Crippen LogP contribution in [0, 0.1) is 30.9 Å². The van der Waals surface area contributed by atoms with E-state index in [1.165, 1.54) is 36.6 Å². The predicted molar refractivity (Wildman–Crippen MR) is 99.7 cm³/mol. The van der Waals surface area contributed by atoms with Gasteiger partial charge in [0.15, 0.2) is 0 Å². The third-order valence-corrected chi connectivity index (χ3v) is 4.97. The zero-order chi connectivity index (χ0) is 18.6. The number of amides is 1. The van der Waals surface area contributed by atoms with Crippen molar-refractivity contribution >= 4 is 29.0 Å². The van der Waals surface area contributed by atoms with E-state index in [0.29, 0.717) is 5.75 Å². The summed E-state index contributed by atoms with van der Waals surface area (Å²) < 4.78 is 4.99. The summed E-state index contributed by atoms with van der Waals surface area (Å²) in [6.45, 7) is 6.05. The number of nitrogens with one attached hydrogen (secondary N) is 1. The SMILES string of the molecule is COc1ccc(NC(=O)CSc2c(C)cc(C)cc2C)c([N+](=O)[O-])c1. The molecule has 0 aliphatic rings. The van der Waals surface area contributed by atoms with Gasteiger partial charge in [-0.2, -0.15) is 0 Å². The van der Waals surface area contributed by atoms with Crippen LogP contribution in [0.15, 0.2) is 35.2 Å². The Morgan fingerprint density at radius 2 is 1.84 bits per heavy atom. The van der Waals surface area contributed by atoms with Gasteiger partial charge in [0.2, 0.25) is 5.91 Å². The van der Waals surface area contributed by atoms with Gasteiger partial charge in [-0.1, -0.05) is 17.7 Å². The molecule has 0 bridgehead atoms. The molecule has 0 unspecified atom stereocenters. The van der Waals surface area contributed by atoms with Crippen molar-refractivity contribution in [1.82, 2.24) is 0 Å². The van der Waals surface area contributed by atoms with Crippen molar-refractivity contribution in [2.45, 2.75) is 25.7 Å². The molecule has 0 aliphatic heterocycles. The van der Waals surface area contributed by atoms with Crippen LogP contribution in [0.1, 0.15) is 16.7 Å². The van der Waals surface area contributed by atoms with Crippen molar-refractivity contribution in [3.05, 3.63) is 57.1 Å². The van der Waals surface area contributed by atoms with Crippen LogP contribution in [-0.2, 0) is 4.79 Å². The average Bonchev–Trinajstić information content (AvgIpc) is 2.53. The molecule has 6 nitrogen and oxygen atoms in total. The van der Waals surface area contributed by atoms with Crippen molar-refractivity contribution in [2.24, 2.45) is 0 Å². The number of thioether (sulfide) groups is 1. The first kappa shape index (κ1) is 18.8. The lowest BCUT2D eigenvalue weighted by Crippen LogP contribution is -2.15. The Hall–Kier alpha value is -2.54. The van der Waals surface area contributed by atoms with Crippen LogP contribution in [0.5, 0.6) is 5.75 Å². The maximum Gasteiger partial charge on any atom is 0.296 e. The summed E-state index contributed by atoms with van der Waals surface area (Å²) in [5.41, 5.74) is 3.38. The first-order chi connectivity index (χ1) is 11.8. The van der Waals surface area contributed by atoms with Crippen molar-refractivity contribution in [3.8, 4) is 5.75 Å². The van der Waals surface area contributed by atoms with Crippen LogP contribution in [0.2, 0.25) is 0 Å². The van der Waals surface area contributed by atoms with Crippen LogP contribution < -0.4 is 10.1 Å². The molecule has 0 aliphatic carbocycles. The van der Waals surface area contributed by atoms with E-state index in [2.05, 4.69) is 17.4 Å². The number of benzene rings is 2. The van der Waals surface area contributed by atoms with E-state index in [4.69, 9.17) is 4.74 Å². The summed E-state index contributed by atoms with van der Waals surface area (Å²) in [6.07, 6.45) is 0. The molecule has 132 valence electrons. The summed E-state index contributed by atoms with van der Waals surface area (Å²) >= 11 is 1.43. The predicted octanol–water partition coefficient (Wildman–Crippen LogP) is 4.26. The van der Waals surface area contributed by atoms with Gasteiger partial charge < -0.3 is 10.1 Å². The molecule has 25 heavy (non-hydrogen) atoms. The number of carbonyl (C=O) groups excluding carboxylic acids is 1. The summed E-state index contributed by atoms with van der Waals surface area (Å²) in [4.78, 5) is 23.9. The topological polar surface area (TPSA) is 81.5 Å². The van der Waals surface area contributed by atoms with Gasteiger partial charge in [-0.25, -0.2) is 0 Å². The first-order valence-electron chi connectivity index (χ1n) is 7.64. The van der Waals surface area contributed by atoms with E-state index in [1.807, 2.05) is 20.8 Å². The molecule has 0 saturated carbocycles. The first-order valence-corrected chi connectivity index (χ1v) is 8.63. The normalized spacial score (nSPS) is 10.4. The molecule has 0 atom stereocenters. The Bertz CT molecular complexity index is 798. The highest BCUT2D eigenvalue weighted by Gasteiger charge is 2.17. The van der Waals surface area contributed by atoms with Crippen molar-refractivity contribution < 1.29 is 14.5 Å². The van der Waals surface area contributed by atoms with Gasteiger partial charge in [-0.05, 0) is 44.0 Å². The molecule has 7 heteroatoms. The van der Waals surface area contributed by atoms with Gasteiger partial charge in [0.05, 0.1) is 23.9 Å². The van der Waals surface area contributed by atoms with Crippen LogP contribution in [0.25, 0.3) is 0 Å². The van der Waals surface area contributed by atoms with E-state index in [1.54, 1.807) is 6.07 Å². The number of hydrogen-bond donors (Lipinski definition) is 1. The number of ether oxygens (including phenoxy) is 1. The molecular formula is C18H20N2O4S. The zero-order valence-corrected chi connectivity index (χ0v) is 15.4. The zero-order valence-electron chi connectivity index (χ0n) is 14.6. The van der Waals surface area contributed by atoms with Crippen LogP contribution in [0.3, 0.4) is 0 Å². The van der Waals surface area contributed by atoms with Crippen molar-refractivity contribution in [1.29, 1.82) is 0 Å². The second kappa shape index (κ2) is 8.02. The lowest BCUT2D eigenvalue weighted by Gasteiger charge is -2.11. The number of aryl methyl sites for hydroxylation is 3.